The van der Waals surface area contributed by atoms with Crippen molar-refractivity contribution in [3.05, 3.63) is 53.1 Å². The molecule has 3 heteroatoms. The lowest BCUT2D eigenvalue weighted by Crippen LogP contribution is -2.47. The Morgan fingerprint density at radius 1 is 1.18 bits per heavy atom. The lowest BCUT2D eigenvalue weighted by Gasteiger charge is -2.33. The van der Waals surface area contributed by atoms with Gasteiger partial charge in [0.25, 0.3) is 0 Å². The van der Waals surface area contributed by atoms with Crippen molar-refractivity contribution in [2.45, 2.75) is 5.37 Å². The summed E-state index contributed by atoms with van der Waals surface area (Å²) in [7, 11) is 4.38. The number of quaternary nitrogens is 1. The zero-order valence-corrected chi connectivity index (χ0v) is 10.8. The molecular formula is C14H15N2S+. The van der Waals surface area contributed by atoms with Crippen molar-refractivity contribution in [3.8, 4) is 0 Å². The maximum atomic E-state index is 4.38. The van der Waals surface area contributed by atoms with Gasteiger partial charge >= 0.3 is 0 Å². The summed E-state index contributed by atoms with van der Waals surface area (Å²) in [5, 5.41) is 2.71. The smallest absolute Gasteiger partial charge is 0.190 e. The molecule has 2 nitrogen and oxygen atoms in total. The van der Waals surface area contributed by atoms with Crippen molar-refractivity contribution in [2.24, 2.45) is 4.99 Å². The van der Waals surface area contributed by atoms with E-state index in [1.165, 1.54) is 16.7 Å². The van der Waals surface area contributed by atoms with Crippen LogP contribution in [0.1, 0.15) is 5.56 Å². The zero-order chi connectivity index (χ0) is 11.9. The number of benzene rings is 1. The molecule has 86 valence electrons. The molecule has 0 saturated heterocycles. The standard InChI is InChI=1S/C14H15N2S/c1-16(2)10-15-8-12-13(9-17-14(12)16)11-6-4-3-5-7-11/h3-10,14H,1-2H3/q+1. The van der Waals surface area contributed by atoms with Gasteiger partial charge in [0.05, 0.1) is 14.1 Å². The van der Waals surface area contributed by atoms with Crippen molar-refractivity contribution < 1.29 is 4.48 Å². The molecule has 1 unspecified atom stereocenters. The van der Waals surface area contributed by atoms with E-state index in [1.54, 1.807) is 0 Å². The molecule has 0 radical (unpaired) electrons. The van der Waals surface area contributed by atoms with Crippen molar-refractivity contribution in [1.82, 2.24) is 0 Å². The van der Waals surface area contributed by atoms with E-state index in [4.69, 9.17) is 0 Å². The van der Waals surface area contributed by atoms with Crippen molar-refractivity contribution >= 4 is 23.7 Å². The number of thioether (sulfide) groups is 1. The molecule has 2 heterocycles. The van der Waals surface area contributed by atoms with Crippen LogP contribution in [0.2, 0.25) is 0 Å². The van der Waals surface area contributed by atoms with Gasteiger partial charge < -0.3 is 0 Å². The summed E-state index contributed by atoms with van der Waals surface area (Å²) in [5.41, 5.74) is 3.95. The first-order valence-corrected chi connectivity index (χ1v) is 6.62. The molecule has 0 aromatic heterocycles. The normalized spacial score (nSPS) is 25.2. The molecule has 2 aliphatic heterocycles. The van der Waals surface area contributed by atoms with E-state index in [9.17, 15) is 0 Å². The first kappa shape index (κ1) is 10.8. The summed E-state index contributed by atoms with van der Waals surface area (Å²) in [4.78, 5) is 4.38. The lowest BCUT2D eigenvalue weighted by atomic mass is 9.99. The molecule has 0 spiro atoms. The Balaban J connectivity index is 2.01. The second-order valence-electron chi connectivity index (χ2n) is 4.86. The zero-order valence-electron chi connectivity index (χ0n) is 10.00. The Bertz CT molecular complexity index is 526. The minimum absolute atomic E-state index is 0.447. The molecule has 0 aliphatic carbocycles. The first-order valence-electron chi connectivity index (χ1n) is 5.68. The van der Waals surface area contributed by atoms with Gasteiger partial charge in [-0.15, -0.1) is 0 Å². The van der Waals surface area contributed by atoms with Gasteiger partial charge in [0.15, 0.2) is 11.7 Å². The van der Waals surface area contributed by atoms with E-state index in [2.05, 4.69) is 54.8 Å². The number of hydrogen-bond donors (Lipinski definition) is 0. The van der Waals surface area contributed by atoms with E-state index in [0.29, 0.717) is 5.37 Å². The largest absolute Gasteiger partial charge is 0.271 e. The molecule has 1 aromatic carbocycles. The molecule has 17 heavy (non-hydrogen) atoms. The van der Waals surface area contributed by atoms with Crippen molar-refractivity contribution in [2.75, 3.05) is 14.1 Å². The van der Waals surface area contributed by atoms with Crippen LogP contribution in [-0.2, 0) is 0 Å². The average molecular weight is 243 g/mol. The summed E-state index contributed by atoms with van der Waals surface area (Å²) in [6, 6.07) is 10.5. The molecule has 1 atom stereocenters. The van der Waals surface area contributed by atoms with Crippen LogP contribution in [0.4, 0.5) is 0 Å². The molecule has 0 fully saturated rings. The van der Waals surface area contributed by atoms with Gasteiger partial charge in [-0.25, -0.2) is 4.99 Å². The van der Waals surface area contributed by atoms with E-state index >= 15 is 0 Å². The Hall–Kier alpha value is -1.32. The minimum atomic E-state index is 0.447. The molecule has 0 bridgehead atoms. The van der Waals surface area contributed by atoms with Crippen molar-refractivity contribution in [1.29, 1.82) is 0 Å². The number of aliphatic imine (C=N–C) groups is 1. The quantitative estimate of drug-likeness (QED) is 0.690. The fraction of sp³-hybridized carbons (Fsp3) is 0.214. The molecule has 2 aliphatic rings. The van der Waals surface area contributed by atoms with Crippen LogP contribution >= 0.6 is 11.8 Å². The fourth-order valence-corrected chi connectivity index (χ4v) is 3.49. The number of nitrogens with zero attached hydrogens (tertiary/aromatic N) is 2. The van der Waals surface area contributed by atoms with Gasteiger partial charge in [-0.3, -0.25) is 4.48 Å². The summed E-state index contributed by atoms with van der Waals surface area (Å²) < 4.78 is 0.809. The maximum absolute atomic E-state index is 4.38. The third kappa shape index (κ3) is 1.75. The second-order valence-corrected chi connectivity index (χ2v) is 5.82. The number of rotatable bonds is 1. The van der Waals surface area contributed by atoms with Crippen LogP contribution in [0.5, 0.6) is 0 Å². The van der Waals surface area contributed by atoms with E-state index in [1.807, 2.05) is 24.3 Å². The van der Waals surface area contributed by atoms with Crippen molar-refractivity contribution in [3.63, 3.8) is 0 Å². The highest BCUT2D eigenvalue weighted by Gasteiger charge is 2.38. The molecule has 3 rings (SSSR count). The summed E-state index contributed by atoms with van der Waals surface area (Å²) >= 11 is 1.89. The lowest BCUT2D eigenvalue weighted by molar-refractivity contribution is -0.797. The summed E-state index contributed by atoms with van der Waals surface area (Å²) in [5.74, 6) is 0. The van der Waals surface area contributed by atoms with Crippen LogP contribution in [0.15, 0.2) is 52.5 Å². The SMILES string of the molecule is C[N+]1(C)C=NC=C2C(c3ccccc3)=CSC21. The number of hydrogen-bond acceptors (Lipinski definition) is 2. The van der Waals surface area contributed by atoms with Crippen LogP contribution < -0.4 is 0 Å². The van der Waals surface area contributed by atoms with E-state index in [0.717, 1.165) is 4.48 Å². The maximum Gasteiger partial charge on any atom is 0.190 e. The molecule has 1 aromatic rings. The van der Waals surface area contributed by atoms with Crippen LogP contribution in [0.3, 0.4) is 0 Å². The Morgan fingerprint density at radius 3 is 2.71 bits per heavy atom. The monoisotopic (exact) mass is 243 g/mol. The highest BCUT2D eigenvalue weighted by atomic mass is 32.2. The minimum Gasteiger partial charge on any atom is -0.271 e. The third-order valence-corrected chi connectivity index (χ3v) is 4.59. The molecule has 0 saturated carbocycles. The second kappa shape index (κ2) is 3.86. The predicted octanol–water partition coefficient (Wildman–Crippen LogP) is 3.10. The highest BCUT2D eigenvalue weighted by Crippen LogP contribution is 2.44. The summed E-state index contributed by atoms with van der Waals surface area (Å²) in [6.45, 7) is 0. The van der Waals surface area contributed by atoms with E-state index < -0.39 is 0 Å². The van der Waals surface area contributed by atoms with Gasteiger partial charge in [0, 0.05) is 11.8 Å². The van der Waals surface area contributed by atoms with Gasteiger partial charge in [-0.2, -0.15) is 0 Å². The van der Waals surface area contributed by atoms with Gasteiger partial charge in [0.1, 0.15) is 0 Å². The Morgan fingerprint density at radius 2 is 1.94 bits per heavy atom. The number of fused-ring (bicyclic) bond motifs is 1. The van der Waals surface area contributed by atoms with Crippen LogP contribution in [-0.4, -0.2) is 30.3 Å². The Kier molecular flexibility index (Phi) is 2.45. The van der Waals surface area contributed by atoms with Crippen LogP contribution in [0, 0.1) is 0 Å². The first-order chi connectivity index (χ1) is 8.18. The topological polar surface area (TPSA) is 12.4 Å². The van der Waals surface area contributed by atoms with Gasteiger partial charge in [-0.1, -0.05) is 42.1 Å². The van der Waals surface area contributed by atoms with Gasteiger partial charge in [0.2, 0.25) is 0 Å². The van der Waals surface area contributed by atoms with Gasteiger partial charge in [-0.05, 0) is 16.5 Å². The van der Waals surface area contributed by atoms with Crippen LogP contribution in [0.25, 0.3) is 5.57 Å². The molecule has 0 N–H and O–H groups in total. The van der Waals surface area contributed by atoms with E-state index in [-0.39, 0.29) is 0 Å². The highest BCUT2D eigenvalue weighted by molar-refractivity contribution is 8.03. The average Bonchev–Trinajstić information content (AvgIpc) is 2.75. The Labute approximate surface area is 106 Å². The number of likely N-dealkylation sites (N-methyl/N-ethyl adjacent to an activating group) is 1. The summed E-state index contributed by atoms with van der Waals surface area (Å²) in [6.07, 6.45) is 4.01. The molecule has 0 amide bonds. The predicted molar refractivity (Wildman–Crippen MR) is 74.5 cm³/mol. The fourth-order valence-electron chi connectivity index (χ4n) is 2.25. The molecular weight excluding hydrogens is 228 g/mol. The third-order valence-electron chi connectivity index (χ3n) is 3.16.